The van der Waals surface area contributed by atoms with Gasteiger partial charge in [0.25, 0.3) is 5.69 Å². The lowest BCUT2D eigenvalue weighted by molar-refractivity contribution is -0.384. The van der Waals surface area contributed by atoms with E-state index in [0.29, 0.717) is 49.3 Å². The van der Waals surface area contributed by atoms with E-state index in [1.54, 1.807) is 36.4 Å². The van der Waals surface area contributed by atoms with Gasteiger partial charge in [-0.25, -0.2) is 0 Å². The van der Waals surface area contributed by atoms with Gasteiger partial charge in [0, 0.05) is 42.7 Å². The largest absolute Gasteiger partial charge is 0.366 e. The monoisotopic (exact) mass is 381 g/mol. The molecule has 1 fully saturated rings. The maximum atomic E-state index is 12.6. The number of nitro benzene ring substituents is 1. The molecule has 0 unspecified atom stereocenters. The Bertz CT molecular complexity index is 874. The number of carbonyl (C=O) groups excluding carboxylic acids is 2. The lowest BCUT2D eigenvalue weighted by Gasteiger charge is -2.32. The SMILES string of the molecule is CCNC(=O)C1CCN(c2ccc(C(=O)c3ccccc3)cc2[N+](=O)[O-])CC1. The summed E-state index contributed by atoms with van der Waals surface area (Å²) in [5.41, 5.74) is 1.19. The summed E-state index contributed by atoms with van der Waals surface area (Å²) in [4.78, 5) is 37.7. The molecule has 1 aliphatic rings. The predicted octanol–water partition coefficient (Wildman–Crippen LogP) is 3.18. The van der Waals surface area contributed by atoms with Crippen LogP contribution in [-0.2, 0) is 4.79 Å². The summed E-state index contributed by atoms with van der Waals surface area (Å²) >= 11 is 0. The number of benzene rings is 2. The van der Waals surface area contributed by atoms with Gasteiger partial charge in [-0.3, -0.25) is 19.7 Å². The van der Waals surface area contributed by atoms with Crippen molar-refractivity contribution in [1.82, 2.24) is 5.32 Å². The van der Waals surface area contributed by atoms with Crippen molar-refractivity contribution in [1.29, 1.82) is 0 Å². The van der Waals surface area contributed by atoms with Crippen molar-refractivity contribution in [3.8, 4) is 0 Å². The molecule has 1 aliphatic heterocycles. The van der Waals surface area contributed by atoms with Crippen LogP contribution in [0.25, 0.3) is 0 Å². The highest BCUT2D eigenvalue weighted by Crippen LogP contribution is 2.33. The zero-order chi connectivity index (χ0) is 20.1. The van der Waals surface area contributed by atoms with Gasteiger partial charge in [0.1, 0.15) is 5.69 Å². The minimum Gasteiger partial charge on any atom is -0.366 e. The number of nitro groups is 1. The summed E-state index contributed by atoms with van der Waals surface area (Å²) < 4.78 is 0. The van der Waals surface area contributed by atoms with E-state index in [9.17, 15) is 19.7 Å². The molecule has 0 aliphatic carbocycles. The molecule has 7 nitrogen and oxygen atoms in total. The minimum atomic E-state index is -0.451. The van der Waals surface area contributed by atoms with E-state index in [0.717, 1.165) is 0 Å². The molecule has 0 aromatic heterocycles. The molecule has 2 aromatic rings. The highest BCUT2D eigenvalue weighted by atomic mass is 16.6. The average molecular weight is 381 g/mol. The molecule has 28 heavy (non-hydrogen) atoms. The number of nitrogens with one attached hydrogen (secondary N) is 1. The van der Waals surface area contributed by atoms with Gasteiger partial charge in [0.2, 0.25) is 5.91 Å². The Labute approximate surface area is 163 Å². The molecule has 0 bridgehead atoms. The van der Waals surface area contributed by atoms with E-state index in [1.165, 1.54) is 6.07 Å². The van der Waals surface area contributed by atoms with E-state index < -0.39 is 4.92 Å². The van der Waals surface area contributed by atoms with Crippen LogP contribution >= 0.6 is 0 Å². The molecule has 0 saturated carbocycles. The van der Waals surface area contributed by atoms with Gasteiger partial charge in [-0.15, -0.1) is 0 Å². The zero-order valence-electron chi connectivity index (χ0n) is 15.8. The molecular weight excluding hydrogens is 358 g/mol. The molecule has 146 valence electrons. The fourth-order valence-corrected chi connectivity index (χ4v) is 3.54. The third-order valence-electron chi connectivity index (χ3n) is 5.03. The Morgan fingerprint density at radius 3 is 2.39 bits per heavy atom. The quantitative estimate of drug-likeness (QED) is 0.471. The van der Waals surface area contributed by atoms with E-state index >= 15 is 0 Å². The van der Waals surface area contributed by atoms with Crippen LogP contribution < -0.4 is 10.2 Å². The Kier molecular flexibility index (Phi) is 6.03. The zero-order valence-corrected chi connectivity index (χ0v) is 15.8. The summed E-state index contributed by atoms with van der Waals surface area (Å²) in [6.07, 6.45) is 1.29. The lowest BCUT2D eigenvalue weighted by atomic mass is 9.95. The smallest absolute Gasteiger partial charge is 0.293 e. The highest BCUT2D eigenvalue weighted by Gasteiger charge is 2.28. The second kappa shape index (κ2) is 8.65. The van der Waals surface area contributed by atoms with Crippen molar-refractivity contribution in [2.24, 2.45) is 5.92 Å². The molecule has 1 N–H and O–H groups in total. The molecular formula is C21H23N3O4. The summed E-state index contributed by atoms with van der Waals surface area (Å²) in [7, 11) is 0. The summed E-state index contributed by atoms with van der Waals surface area (Å²) in [5.74, 6) is -0.264. The van der Waals surface area contributed by atoms with Crippen LogP contribution in [0.3, 0.4) is 0 Å². The second-order valence-corrected chi connectivity index (χ2v) is 6.81. The molecule has 0 atom stereocenters. The maximum absolute atomic E-state index is 12.6. The standard InChI is InChI=1S/C21H23N3O4/c1-2-22-21(26)16-10-12-23(13-11-16)18-9-8-17(14-19(18)24(27)28)20(25)15-6-4-3-5-7-15/h3-9,14,16H,2,10-13H2,1H3,(H,22,26). The molecule has 7 heteroatoms. The molecule has 0 spiro atoms. The minimum absolute atomic E-state index is 0.0421. The van der Waals surface area contributed by atoms with E-state index in [1.807, 2.05) is 17.9 Å². The number of piperidine rings is 1. The average Bonchev–Trinajstić information content (AvgIpc) is 2.73. The topological polar surface area (TPSA) is 92.6 Å². The fraction of sp³-hybridized carbons (Fsp3) is 0.333. The first-order valence-corrected chi connectivity index (χ1v) is 9.42. The summed E-state index contributed by atoms with van der Waals surface area (Å²) in [6, 6.07) is 13.3. The first kappa shape index (κ1) is 19.5. The Morgan fingerprint density at radius 1 is 1.11 bits per heavy atom. The van der Waals surface area contributed by atoms with Crippen LogP contribution in [0.4, 0.5) is 11.4 Å². The summed E-state index contributed by atoms with van der Waals surface area (Å²) in [5, 5.41) is 14.5. The first-order chi connectivity index (χ1) is 13.5. The number of hydrogen-bond donors (Lipinski definition) is 1. The summed E-state index contributed by atoms with van der Waals surface area (Å²) in [6.45, 7) is 3.61. The Balaban J connectivity index is 1.80. The Morgan fingerprint density at radius 2 is 1.79 bits per heavy atom. The van der Waals surface area contributed by atoms with Gasteiger partial charge in [-0.05, 0) is 31.9 Å². The van der Waals surface area contributed by atoms with Gasteiger partial charge < -0.3 is 10.2 Å². The van der Waals surface area contributed by atoms with Crippen molar-refractivity contribution in [3.63, 3.8) is 0 Å². The highest BCUT2D eigenvalue weighted by molar-refractivity contribution is 6.09. The first-order valence-electron chi connectivity index (χ1n) is 9.42. The Hall–Kier alpha value is -3.22. The van der Waals surface area contributed by atoms with E-state index in [4.69, 9.17) is 0 Å². The van der Waals surface area contributed by atoms with Crippen molar-refractivity contribution in [2.75, 3.05) is 24.5 Å². The van der Waals surface area contributed by atoms with Crippen molar-refractivity contribution >= 4 is 23.1 Å². The van der Waals surface area contributed by atoms with Gasteiger partial charge >= 0.3 is 0 Å². The lowest BCUT2D eigenvalue weighted by Crippen LogP contribution is -2.40. The number of hydrogen-bond acceptors (Lipinski definition) is 5. The molecule has 0 radical (unpaired) electrons. The van der Waals surface area contributed by atoms with Gasteiger partial charge in [0.15, 0.2) is 5.78 Å². The van der Waals surface area contributed by atoms with Crippen molar-refractivity contribution in [3.05, 3.63) is 69.8 Å². The van der Waals surface area contributed by atoms with Crippen LogP contribution in [-0.4, -0.2) is 36.2 Å². The molecule has 1 heterocycles. The van der Waals surface area contributed by atoms with Gasteiger partial charge in [-0.2, -0.15) is 0 Å². The molecule has 3 rings (SSSR count). The van der Waals surface area contributed by atoms with E-state index in [2.05, 4.69) is 5.32 Å². The maximum Gasteiger partial charge on any atom is 0.293 e. The molecule has 1 saturated heterocycles. The second-order valence-electron chi connectivity index (χ2n) is 6.81. The van der Waals surface area contributed by atoms with Crippen molar-refractivity contribution in [2.45, 2.75) is 19.8 Å². The number of carbonyl (C=O) groups is 2. The third kappa shape index (κ3) is 4.19. The third-order valence-corrected chi connectivity index (χ3v) is 5.03. The number of rotatable bonds is 6. The molecule has 1 amide bonds. The van der Waals surface area contributed by atoms with E-state index in [-0.39, 0.29) is 23.3 Å². The van der Waals surface area contributed by atoms with Crippen molar-refractivity contribution < 1.29 is 14.5 Å². The van der Waals surface area contributed by atoms with Crippen LogP contribution in [0.5, 0.6) is 0 Å². The van der Waals surface area contributed by atoms with Crippen LogP contribution in [0.1, 0.15) is 35.7 Å². The van der Waals surface area contributed by atoms with Crippen LogP contribution in [0, 0.1) is 16.0 Å². The van der Waals surface area contributed by atoms with Gasteiger partial charge in [0.05, 0.1) is 4.92 Å². The van der Waals surface area contributed by atoms with Crippen LogP contribution in [0.15, 0.2) is 48.5 Å². The number of amides is 1. The molecule has 2 aromatic carbocycles. The number of nitrogens with zero attached hydrogens (tertiary/aromatic N) is 2. The fourth-order valence-electron chi connectivity index (χ4n) is 3.54. The van der Waals surface area contributed by atoms with Crippen LogP contribution in [0.2, 0.25) is 0 Å². The van der Waals surface area contributed by atoms with Gasteiger partial charge in [-0.1, -0.05) is 30.3 Å². The normalized spacial score (nSPS) is 14.5. The predicted molar refractivity (Wildman–Crippen MR) is 107 cm³/mol. The number of anilines is 1. The number of ketones is 1.